The maximum atomic E-state index is 13.0. The third kappa shape index (κ3) is 3.39. The molecule has 0 saturated carbocycles. The molecule has 1 N–H and O–H groups in total. The number of benzene rings is 2. The van der Waals surface area contributed by atoms with Crippen LogP contribution in [0.2, 0.25) is 0 Å². The van der Waals surface area contributed by atoms with Crippen LogP contribution in [0.4, 0.5) is 6.01 Å². The quantitative estimate of drug-likeness (QED) is 0.568. The summed E-state index contributed by atoms with van der Waals surface area (Å²) < 4.78 is 7.31. The number of fused-ring (bicyclic) bond motifs is 1. The smallest absolute Gasteiger partial charge is 0.317 e. The van der Waals surface area contributed by atoms with E-state index in [0.717, 1.165) is 22.4 Å². The molecule has 30 heavy (non-hydrogen) atoms. The lowest BCUT2D eigenvalue weighted by Crippen LogP contribution is -2.29. The van der Waals surface area contributed by atoms with Gasteiger partial charge in [0.15, 0.2) is 11.9 Å². The zero-order valence-corrected chi connectivity index (χ0v) is 16.2. The lowest BCUT2D eigenvalue weighted by molar-refractivity contribution is -0.119. The molecule has 0 amide bonds. The minimum Gasteiger partial charge on any atom is -0.402 e. The van der Waals surface area contributed by atoms with Crippen molar-refractivity contribution in [2.24, 2.45) is 12.0 Å². The molecule has 0 saturated heterocycles. The SMILES string of the molecule is Cn1ccc(-c2nnc(NC3N=C(c4ccccc4)c4ccccc4CC3=O)o2)n1. The predicted octanol–water partition coefficient (Wildman–Crippen LogP) is 2.87. The Morgan fingerprint density at radius 3 is 2.63 bits per heavy atom. The van der Waals surface area contributed by atoms with E-state index in [0.29, 0.717) is 5.69 Å². The lowest BCUT2D eigenvalue weighted by Gasteiger charge is -2.11. The standard InChI is InChI=1S/C22H18N6O2/c1-28-12-11-17(27-28)21-25-26-22(30-21)24-20-18(29)13-15-9-5-6-10-16(15)19(23-20)14-7-3-2-4-8-14/h2-12,20H,13H2,1H3,(H,24,26). The number of carbonyl (C=O) groups is 1. The van der Waals surface area contributed by atoms with Gasteiger partial charge in [-0.2, -0.15) is 5.10 Å². The largest absolute Gasteiger partial charge is 0.402 e. The van der Waals surface area contributed by atoms with Crippen LogP contribution in [0.5, 0.6) is 0 Å². The molecule has 5 rings (SSSR count). The minimum absolute atomic E-state index is 0.0778. The van der Waals surface area contributed by atoms with Gasteiger partial charge in [0.25, 0.3) is 5.89 Å². The fraction of sp³-hybridized carbons (Fsp3) is 0.136. The maximum absolute atomic E-state index is 13.0. The zero-order valence-electron chi connectivity index (χ0n) is 16.2. The average molecular weight is 398 g/mol. The summed E-state index contributed by atoms with van der Waals surface area (Å²) in [5.74, 6) is 0.195. The van der Waals surface area contributed by atoms with Crippen LogP contribution in [-0.4, -0.2) is 37.6 Å². The minimum atomic E-state index is -0.843. The number of aliphatic imine (C=N–C) groups is 1. The Morgan fingerprint density at radius 1 is 1.03 bits per heavy atom. The number of nitrogens with zero attached hydrogens (tertiary/aromatic N) is 5. The molecule has 148 valence electrons. The van der Waals surface area contributed by atoms with Crippen LogP contribution in [0.3, 0.4) is 0 Å². The molecular formula is C22H18N6O2. The molecule has 2 aromatic heterocycles. The highest BCUT2D eigenvalue weighted by molar-refractivity contribution is 6.16. The molecule has 0 radical (unpaired) electrons. The van der Waals surface area contributed by atoms with Crippen LogP contribution in [0, 0.1) is 0 Å². The van der Waals surface area contributed by atoms with Crippen LogP contribution in [0.25, 0.3) is 11.6 Å². The Bertz CT molecular complexity index is 1240. The Kier molecular flexibility index (Phi) is 4.44. The van der Waals surface area contributed by atoms with Crippen molar-refractivity contribution in [1.29, 1.82) is 0 Å². The number of nitrogens with one attached hydrogen (secondary N) is 1. The summed E-state index contributed by atoms with van der Waals surface area (Å²) >= 11 is 0. The Labute approximate surface area is 172 Å². The summed E-state index contributed by atoms with van der Waals surface area (Å²) in [6.45, 7) is 0. The lowest BCUT2D eigenvalue weighted by atomic mass is 9.96. The van der Waals surface area contributed by atoms with E-state index in [4.69, 9.17) is 9.41 Å². The summed E-state index contributed by atoms with van der Waals surface area (Å²) in [4.78, 5) is 17.7. The fourth-order valence-corrected chi connectivity index (χ4v) is 3.43. The topological polar surface area (TPSA) is 98.2 Å². The van der Waals surface area contributed by atoms with Gasteiger partial charge in [-0.25, -0.2) is 0 Å². The van der Waals surface area contributed by atoms with Crippen LogP contribution in [0.1, 0.15) is 16.7 Å². The van der Waals surface area contributed by atoms with E-state index in [1.54, 1.807) is 24.0 Å². The first-order valence-electron chi connectivity index (χ1n) is 9.51. The molecular weight excluding hydrogens is 380 g/mol. The van der Waals surface area contributed by atoms with E-state index in [1.165, 1.54) is 0 Å². The highest BCUT2D eigenvalue weighted by atomic mass is 16.4. The average Bonchev–Trinajstić information content (AvgIpc) is 3.38. The molecule has 8 nitrogen and oxygen atoms in total. The molecule has 0 bridgehead atoms. The third-order valence-corrected chi connectivity index (χ3v) is 4.87. The van der Waals surface area contributed by atoms with Crippen molar-refractivity contribution < 1.29 is 9.21 Å². The molecule has 1 aliphatic heterocycles. The monoisotopic (exact) mass is 398 g/mol. The van der Waals surface area contributed by atoms with E-state index in [9.17, 15) is 4.79 Å². The van der Waals surface area contributed by atoms with Gasteiger partial charge in [0.05, 0.1) is 5.71 Å². The van der Waals surface area contributed by atoms with E-state index >= 15 is 0 Å². The molecule has 0 fully saturated rings. The fourth-order valence-electron chi connectivity index (χ4n) is 3.43. The van der Waals surface area contributed by atoms with Gasteiger partial charge < -0.3 is 9.73 Å². The third-order valence-electron chi connectivity index (χ3n) is 4.87. The summed E-state index contributed by atoms with van der Waals surface area (Å²) in [5.41, 5.74) is 4.13. The highest BCUT2D eigenvalue weighted by Crippen LogP contribution is 2.23. The summed E-state index contributed by atoms with van der Waals surface area (Å²) in [5, 5.41) is 15.3. The maximum Gasteiger partial charge on any atom is 0.317 e. The highest BCUT2D eigenvalue weighted by Gasteiger charge is 2.27. The zero-order chi connectivity index (χ0) is 20.5. The van der Waals surface area contributed by atoms with Gasteiger partial charge in [0, 0.05) is 30.8 Å². The van der Waals surface area contributed by atoms with Crippen molar-refractivity contribution in [3.63, 3.8) is 0 Å². The number of carbonyl (C=O) groups excluding carboxylic acids is 1. The number of hydrogen-bond acceptors (Lipinski definition) is 7. The molecule has 0 aliphatic carbocycles. The number of Topliss-reactive ketones (excluding diaryl/α,β-unsaturated/α-hetero) is 1. The van der Waals surface area contributed by atoms with Gasteiger partial charge in [-0.1, -0.05) is 59.7 Å². The molecule has 8 heteroatoms. The van der Waals surface area contributed by atoms with Crippen molar-refractivity contribution >= 4 is 17.5 Å². The van der Waals surface area contributed by atoms with E-state index in [1.807, 2.05) is 54.6 Å². The van der Waals surface area contributed by atoms with Crippen molar-refractivity contribution in [3.8, 4) is 11.6 Å². The molecule has 2 aromatic carbocycles. The summed E-state index contributed by atoms with van der Waals surface area (Å²) in [6.07, 6.45) is 1.20. The first-order chi connectivity index (χ1) is 14.7. The van der Waals surface area contributed by atoms with Crippen LogP contribution >= 0.6 is 0 Å². The van der Waals surface area contributed by atoms with Gasteiger partial charge >= 0.3 is 6.01 Å². The van der Waals surface area contributed by atoms with Crippen molar-refractivity contribution in [2.75, 3.05) is 5.32 Å². The summed E-state index contributed by atoms with van der Waals surface area (Å²) in [7, 11) is 1.81. The molecule has 1 aliphatic rings. The van der Waals surface area contributed by atoms with Crippen molar-refractivity contribution in [3.05, 3.63) is 83.6 Å². The first kappa shape index (κ1) is 18.0. The second-order valence-corrected chi connectivity index (χ2v) is 6.98. The van der Waals surface area contributed by atoms with Crippen LogP contribution < -0.4 is 5.32 Å². The van der Waals surface area contributed by atoms with E-state index in [-0.39, 0.29) is 24.1 Å². The predicted molar refractivity (Wildman–Crippen MR) is 111 cm³/mol. The number of aromatic nitrogens is 4. The van der Waals surface area contributed by atoms with Crippen molar-refractivity contribution in [2.45, 2.75) is 12.6 Å². The van der Waals surface area contributed by atoms with Gasteiger partial charge in [-0.3, -0.25) is 14.5 Å². The normalized spacial score (nSPS) is 16.0. The van der Waals surface area contributed by atoms with Gasteiger partial charge in [0.2, 0.25) is 0 Å². The molecule has 1 atom stereocenters. The number of hydrogen-bond donors (Lipinski definition) is 1. The molecule has 1 unspecified atom stereocenters. The second-order valence-electron chi connectivity index (χ2n) is 6.98. The van der Waals surface area contributed by atoms with Crippen LogP contribution in [0.15, 0.2) is 76.3 Å². The van der Waals surface area contributed by atoms with E-state index < -0.39 is 6.17 Å². The first-order valence-corrected chi connectivity index (χ1v) is 9.51. The molecule has 4 aromatic rings. The molecule has 0 spiro atoms. The number of aryl methyl sites for hydroxylation is 1. The molecule has 3 heterocycles. The number of ketones is 1. The summed E-state index contributed by atoms with van der Waals surface area (Å²) in [6, 6.07) is 19.5. The van der Waals surface area contributed by atoms with Gasteiger partial charge in [0.1, 0.15) is 5.69 Å². The van der Waals surface area contributed by atoms with Gasteiger partial charge in [-0.05, 0) is 11.6 Å². The Hall–Kier alpha value is -4.07. The van der Waals surface area contributed by atoms with Crippen molar-refractivity contribution in [1.82, 2.24) is 20.0 Å². The number of rotatable bonds is 4. The van der Waals surface area contributed by atoms with Gasteiger partial charge in [-0.15, -0.1) is 5.10 Å². The Morgan fingerprint density at radius 2 is 1.83 bits per heavy atom. The van der Waals surface area contributed by atoms with E-state index in [2.05, 4.69) is 20.6 Å². The second kappa shape index (κ2) is 7.40. The van der Waals surface area contributed by atoms with Crippen LogP contribution in [-0.2, 0) is 18.3 Å². The number of anilines is 1. The Balaban J connectivity index is 1.51.